The van der Waals surface area contributed by atoms with Crippen LogP contribution in [0.2, 0.25) is 0 Å². The largest absolute Gasteiger partial charge is 0.497 e. The second kappa shape index (κ2) is 9.82. The zero-order chi connectivity index (χ0) is 24.9. The molecule has 0 saturated carbocycles. The number of carbonyl (C=O) groups excluding carboxylic acids is 1. The van der Waals surface area contributed by atoms with Crippen molar-refractivity contribution in [3.05, 3.63) is 79.5 Å². The van der Waals surface area contributed by atoms with Crippen LogP contribution in [0.1, 0.15) is 1.37 Å². The Hall–Kier alpha value is -4.73. The van der Waals surface area contributed by atoms with Crippen molar-refractivity contribution in [2.45, 2.75) is 0 Å². The molecule has 34 heavy (non-hydrogen) atoms. The quantitative estimate of drug-likeness (QED) is 0.329. The highest BCUT2D eigenvalue weighted by molar-refractivity contribution is 5.99. The predicted octanol–water partition coefficient (Wildman–Crippen LogP) is 4.64. The molecular weight excluding hydrogens is 437 g/mol. The van der Waals surface area contributed by atoms with Gasteiger partial charge in [0.1, 0.15) is 17.4 Å². The van der Waals surface area contributed by atoms with E-state index in [9.17, 15) is 9.18 Å². The van der Waals surface area contributed by atoms with E-state index in [0.717, 1.165) is 6.08 Å². The van der Waals surface area contributed by atoms with Gasteiger partial charge in [-0.25, -0.2) is 9.37 Å². The minimum atomic E-state index is -0.488. The van der Waals surface area contributed by atoms with E-state index in [2.05, 4.69) is 37.6 Å². The third-order valence-electron chi connectivity index (χ3n) is 4.68. The molecule has 0 aliphatic heterocycles. The number of benzene rings is 2. The maximum Gasteiger partial charge on any atom is 0.247 e. The summed E-state index contributed by atoms with van der Waals surface area (Å²) in [5, 5.41) is 13.0. The Morgan fingerprint density at radius 1 is 1.21 bits per heavy atom. The van der Waals surface area contributed by atoms with Gasteiger partial charge in [0.25, 0.3) is 0 Å². The zero-order valence-electron chi connectivity index (χ0n) is 19.5. The summed E-state index contributed by atoms with van der Waals surface area (Å²) < 4.78 is 29.4. The fourth-order valence-electron chi connectivity index (χ4n) is 3.14. The molecule has 0 aliphatic carbocycles. The SMILES string of the molecule is [2H]c1ccc(NC(=O)C=C)cc1Nc1nc(Nc2cnn(C)c2)ncc1-c1cc(F)cc(OC)c1. The number of anilines is 5. The van der Waals surface area contributed by atoms with Crippen molar-refractivity contribution in [1.82, 2.24) is 19.7 Å². The number of aryl methyl sites for hydroxylation is 1. The molecular formula is C24H22FN7O2. The van der Waals surface area contributed by atoms with E-state index in [1.54, 1.807) is 42.3 Å². The van der Waals surface area contributed by atoms with E-state index in [-0.39, 0.29) is 17.9 Å². The molecule has 4 aromatic rings. The molecule has 172 valence electrons. The Morgan fingerprint density at radius 2 is 2.06 bits per heavy atom. The van der Waals surface area contributed by atoms with Crippen LogP contribution in [0, 0.1) is 5.82 Å². The molecule has 10 heteroatoms. The normalized spacial score (nSPS) is 10.9. The third-order valence-corrected chi connectivity index (χ3v) is 4.68. The molecule has 2 aromatic carbocycles. The van der Waals surface area contributed by atoms with Crippen LogP contribution in [0.25, 0.3) is 11.1 Å². The second-order valence-electron chi connectivity index (χ2n) is 7.17. The number of nitrogens with one attached hydrogen (secondary N) is 3. The summed E-state index contributed by atoms with van der Waals surface area (Å²) in [5.41, 5.74) is 2.45. The summed E-state index contributed by atoms with van der Waals surface area (Å²) in [5.74, 6) is 0.0261. The highest BCUT2D eigenvalue weighted by atomic mass is 19.1. The molecule has 0 aliphatic rings. The first-order chi connectivity index (χ1) is 16.8. The van der Waals surface area contributed by atoms with Gasteiger partial charge in [-0.05, 0) is 41.9 Å². The summed E-state index contributed by atoms with van der Waals surface area (Å²) in [6.45, 7) is 3.44. The third kappa shape index (κ3) is 5.36. The number of nitrogens with zero attached hydrogens (tertiary/aromatic N) is 4. The van der Waals surface area contributed by atoms with Crippen LogP contribution >= 0.6 is 0 Å². The molecule has 0 atom stereocenters. The Balaban J connectivity index is 1.77. The molecule has 0 unspecified atom stereocenters. The molecule has 2 heterocycles. The lowest BCUT2D eigenvalue weighted by Crippen LogP contribution is -2.07. The topological polar surface area (TPSA) is 106 Å². The van der Waals surface area contributed by atoms with Gasteiger partial charge in [-0.15, -0.1) is 0 Å². The lowest BCUT2D eigenvalue weighted by molar-refractivity contribution is -0.111. The van der Waals surface area contributed by atoms with Gasteiger partial charge in [0.15, 0.2) is 0 Å². The van der Waals surface area contributed by atoms with Gasteiger partial charge >= 0.3 is 0 Å². The maximum absolute atomic E-state index is 14.3. The van der Waals surface area contributed by atoms with Gasteiger partial charge in [-0.2, -0.15) is 10.1 Å². The Labute approximate surface area is 196 Å². The number of amides is 1. The number of hydrogen-bond donors (Lipinski definition) is 3. The van der Waals surface area contributed by atoms with Gasteiger partial charge < -0.3 is 20.7 Å². The summed E-state index contributed by atoms with van der Waals surface area (Å²) in [6.07, 6.45) is 6.07. The van der Waals surface area contributed by atoms with Gasteiger partial charge in [0.2, 0.25) is 11.9 Å². The average Bonchev–Trinajstić information content (AvgIpc) is 3.25. The molecule has 0 radical (unpaired) electrons. The number of methoxy groups -OCH3 is 1. The molecule has 1 amide bonds. The Bertz CT molecular complexity index is 1410. The van der Waals surface area contributed by atoms with Crippen LogP contribution in [-0.2, 0) is 11.8 Å². The smallest absolute Gasteiger partial charge is 0.247 e. The van der Waals surface area contributed by atoms with Crippen LogP contribution in [0.4, 0.5) is 33.2 Å². The standard InChI is InChI=1S/C24H22FN7O2/c1-4-22(33)28-17-6-5-7-18(11-17)29-23-21(15-8-16(25)10-20(9-15)34-3)13-26-24(31-23)30-19-12-27-32(2)14-19/h4-14H,1H2,2-3H3,(H,28,33)(H2,26,29,30,31)/i7D. The van der Waals surface area contributed by atoms with E-state index in [0.29, 0.717) is 39.8 Å². The van der Waals surface area contributed by atoms with Gasteiger partial charge in [-0.3, -0.25) is 9.48 Å². The van der Waals surface area contributed by atoms with Gasteiger partial charge in [0.05, 0.1) is 20.4 Å². The minimum absolute atomic E-state index is 0.157. The van der Waals surface area contributed by atoms with Crippen molar-refractivity contribution < 1.29 is 15.3 Å². The van der Waals surface area contributed by atoms with E-state index in [4.69, 9.17) is 6.11 Å². The van der Waals surface area contributed by atoms with Gasteiger partial charge in [0, 0.05) is 42.4 Å². The summed E-state index contributed by atoms with van der Waals surface area (Å²) in [4.78, 5) is 20.6. The molecule has 3 N–H and O–H groups in total. The zero-order valence-corrected chi connectivity index (χ0v) is 18.5. The molecule has 0 spiro atoms. The number of aromatic nitrogens is 4. The van der Waals surface area contributed by atoms with Crippen molar-refractivity contribution in [3.8, 4) is 16.9 Å². The summed E-state index contributed by atoms with van der Waals surface area (Å²) in [6, 6.07) is 9.14. The fourth-order valence-corrected chi connectivity index (χ4v) is 3.14. The number of ether oxygens (including phenoxy) is 1. The summed E-state index contributed by atoms with van der Waals surface area (Å²) >= 11 is 0. The van der Waals surface area contributed by atoms with E-state index < -0.39 is 5.82 Å². The van der Waals surface area contributed by atoms with Crippen molar-refractivity contribution >= 4 is 34.7 Å². The van der Waals surface area contributed by atoms with Crippen molar-refractivity contribution in [2.75, 3.05) is 23.1 Å². The van der Waals surface area contributed by atoms with Crippen LogP contribution in [0.15, 0.2) is 73.7 Å². The number of hydrogen-bond acceptors (Lipinski definition) is 7. The van der Waals surface area contributed by atoms with Crippen molar-refractivity contribution in [3.63, 3.8) is 0 Å². The molecule has 0 fully saturated rings. The first kappa shape index (κ1) is 21.1. The van der Waals surface area contributed by atoms with Gasteiger partial charge in [-0.1, -0.05) is 12.6 Å². The van der Waals surface area contributed by atoms with Crippen molar-refractivity contribution in [2.24, 2.45) is 7.05 Å². The van der Waals surface area contributed by atoms with Crippen LogP contribution in [-0.4, -0.2) is 32.8 Å². The second-order valence-corrected chi connectivity index (χ2v) is 7.17. The molecule has 9 nitrogen and oxygen atoms in total. The number of rotatable bonds is 8. The van der Waals surface area contributed by atoms with E-state index in [1.807, 2.05) is 0 Å². The van der Waals surface area contributed by atoms with E-state index in [1.165, 1.54) is 31.5 Å². The monoisotopic (exact) mass is 460 g/mol. The van der Waals surface area contributed by atoms with Crippen molar-refractivity contribution in [1.29, 1.82) is 0 Å². The average molecular weight is 460 g/mol. The molecule has 4 rings (SSSR count). The van der Waals surface area contributed by atoms with Crippen LogP contribution in [0.5, 0.6) is 5.75 Å². The highest BCUT2D eigenvalue weighted by Crippen LogP contribution is 2.33. The van der Waals surface area contributed by atoms with E-state index >= 15 is 0 Å². The molecule has 0 bridgehead atoms. The van der Waals surface area contributed by atoms with Crippen LogP contribution in [0.3, 0.4) is 0 Å². The summed E-state index contributed by atoms with van der Waals surface area (Å²) in [7, 11) is 3.23. The Morgan fingerprint density at radius 3 is 2.79 bits per heavy atom. The van der Waals surface area contributed by atoms with Crippen LogP contribution < -0.4 is 20.7 Å². The molecule has 0 saturated heterocycles. The predicted molar refractivity (Wildman–Crippen MR) is 129 cm³/mol. The first-order valence-electron chi connectivity index (χ1n) is 10.6. The fraction of sp³-hybridized carbons (Fsp3) is 0.0833. The minimum Gasteiger partial charge on any atom is -0.497 e. The lowest BCUT2D eigenvalue weighted by Gasteiger charge is -2.14. The Kier molecular flexibility index (Phi) is 6.10. The first-order valence-corrected chi connectivity index (χ1v) is 10.1. The number of halogens is 1. The lowest BCUT2D eigenvalue weighted by atomic mass is 10.1. The highest BCUT2D eigenvalue weighted by Gasteiger charge is 2.14. The molecule has 2 aromatic heterocycles. The number of carbonyl (C=O) groups is 1. The maximum atomic E-state index is 14.3.